The second kappa shape index (κ2) is 6.34. The largest absolute Gasteiger partial charge is 0.271 e. The number of carbonyl (C=O) groups is 1. The average molecular weight is 244 g/mol. The first-order valence-electron chi connectivity index (χ1n) is 6.66. The molecule has 0 saturated heterocycles. The van der Waals surface area contributed by atoms with Crippen molar-refractivity contribution in [3.05, 3.63) is 35.4 Å². The fraction of sp³-hybridized carbons (Fsp3) is 0.467. The molecule has 0 heterocycles. The van der Waals surface area contributed by atoms with Crippen LogP contribution in [0.1, 0.15) is 48.0 Å². The molecule has 1 saturated carbocycles. The molecule has 0 radical (unpaired) electrons. The number of hydrogen-bond acceptors (Lipinski definition) is 2. The van der Waals surface area contributed by atoms with Crippen molar-refractivity contribution in [2.75, 3.05) is 0 Å². The second-order valence-electron chi connectivity index (χ2n) is 4.93. The molecule has 3 nitrogen and oxygen atoms in total. The highest BCUT2D eigenvalue weighted by Crippen LogP contribution is 2.21. The summed E-state index contributed by atoms with van der Waals surface area (Å²) >= 11 is 0. The molecule has 1 fully saturated rings. The van der Waals surface area contributed by atoms with E-state index in [0.717, 1.165) is 5.56 Å². The van der Waals surface area contributed by atoms with Gasteiger partial charge in [0.25, 0.3) is 5.91 Å². The van der Waals surface area contributed by atoms with E-state index in [2.05, 4.69) is 10.5 Å². The fourth-order valence-corrected chi connectivity index (χ4v) is 2.37. The van der Waals surface area contributed by atoms with Gasteiger partial charge < -0.3 is 0 Å². The van der Waals surface area contributed by atoms with E-state index in [1.807, 2.05) is 37.4 Å². The van der Waals surface area contributed by atoms with E-state index >= 15 is 0 Å². The number of hydrogen-bond donors (Lipinski definition) is 1. The second-order valence-corrected chi connectivity index (χ2v) is 4.93. The summed E-state index contributed by atoms with van der Waals surface area (Å²) in [5, 5.41) is 4.09. The van der Waals surface area contributed by atoms with Crippen LogP contribution in [0.4, 0.5) is 0 Å². The van der Waals surface area contributed by atoms with Crippen LogP contribution in [0.5, 0.6) is 0 Å². The summed E-state index contributed by atoms with van der Waals surface area (Å²) in [4.78, 5) is 11.9. The summed E-state index contributed by atoms with van der Waals surface area (Å²) < 4.78 is 0. The molecule has 96 valence electrons. The number of rotatable bonds is 3. The maximum atomic E-state index is 11.9. The van der Waals surface area contributed by atoms with Gasteiger partial charge >= 0.3 is 0 Å². The lowest BCUT2D eigenvalue weighted by molar-refractivity contribution is 0.0954. The van der Waals surface area contributed by atoms with Gasteiger partial charge in [-0.25, -0.2) is 5.43 Å². The quantitative estimate of drug-likeness (QED) is 0.643. The van der Waals surface area contributed by atoms with Crippen molar-refractivity contribution in [2.24, 2.45) is 11.0 Å². The van der Waals surface area contributed by atoms with Crippen LogP contribution in [0.15, 0.2) is 29.4 Å². The van der Waals surface area contributed by atoms with Crippen molar-refractivity contribution in [1.82, 2.24) is 5.43 Å². The van der Waals surface area contributed by atoms with Gasteiger partial charge in [0.1, 0.15) is 0 Å². The standard InChI is InChI=1S/C15H20N2O/c1-12-7-5-6-10-14(12)15(18)17-16-11-13-8-3-2-4-9-13/h5-7,10-11,13H,2-4,8-9H2,1H3,(H,17,18). The summed E-state index contributed by atoms with van der Waals surface area (Å²) in [6.45, 7) is 1.93. The highest BCUT2D eigenvalue weighted by Gasteiger charge is 2.11. The van der Waals surface area contributed by atoms with Crippen molar-refractivity contribution >= 4 is 12.1 Å². The molecule has 0 spiro atoms. The van der Waals surface area contributed by atoms with Crippen LogP contribution in [0.3, 0.4) is 0 Å². The molecule has 2 rings (SSSR count). The van der Waals surface area contributed by atoms with E-state index in [-0.39, 0.29) is 5.91 Å². The van der Waals surface area contributed by atoms with Crippen LogP contribution in [0, 0.1) is 12.8 Å². The molecule has 0 bridgehead atoms. The monoisotopic (exact) mass is 244 g/mol. The minimum atomic E-state index is -0.125. The van der Waals surface area contributed by atoms with Crippen molar-refractivity contribution in [2.45, 2.75) is 39.0 Å². The molecule has 0 aromatic heterocycles. The first-order chi connectivity index (χ1) is 8.77. The minimum absolute atomic E-state index is 0.125. The molecule has 1 aromatic rings. The predicted molar refractivity (Wildman–Crippen MR) is 73.7 cm³/mol. The Balaban J connectivity index is 1.88. The molecular formula is C15H20N2O. The summed E-state index contributed by atoms with van der Waals surface area (Å²) in [5.41, 5.74) is 4.29. The fourth-order valence-electron chi connectivity index (χ4n) is 2.37. The maximum Gasteiger partial charge on any atom is 0.271 e. The number of amides is 1. The van der Waals surface area contributed by atoms with Crippen molar-refractivity contribution in [3.8, 4) is 0 Å². The Morgan fingerprint density at radius 1 is 1.28 bits per heavy atom. The van der Waals surface area contributed by atoms with Gasteiger partial charge in [0.05, 0.1) is 0 Å². The van der Waals surface area contributed by atoms with Crippen LogP contribution in [-0.4, -0.2) is 12.1 Å². The highest BCUT2D eigenvalue weighted by atomic mass is 16.2. The first kappa shape index (κ1) is 12.8. The Bertz CT molecular complexity index is 434. The van der Waals surface area contributed by atoms with E-state index in [1.54, 1.807) is 0 Å². The third kappa shape index (κ3) is 3.42. The summed E-state index contributed by atoms with van der Waals surface area (Å²) in [6, 6.07) is 7.55. The lowest BCUT2D eigenvalue weighted by Crippen LogP contribution is -2.20. The lowest BCUT2D eigenvalue weighted by atomic mass is 9.90. The van der Waals surface area contributed by atoms with Crippen LogP contribution in [-0.2, 0) is 0 Å². The third-order valence-corrected chi connectivity index (χ3v) is 3.49. The van der Waals surface area contributed by atoms with E-state index in [4.69, 9.17) is 0 Å². The number of carbonyl (C=O) groups excluding carboxylic acids is 1. The summed E-state index contributed by atoms with van der Waals surface area (Å²) in [6.07, 6.45) is 8.19. The van der Waals surface area contributed by atoms with Gasteiger partial charge in [-0.3, -0.25) is 4.79 Å². The zero-order valence-corrected chi connectivity index (χ0v) is 10.9. The number of nitrogens with zero attached hydrogens (tertiary/aromatic N) is 1. The van der Waals surface area contributed by atoms with E-state index in [0.29, 0.717) is 11.5 Å². The normalized spacial score (nSPS) is 16.9. The van der Waals surface area contributed by atoms with Crippen LogP contribution < -0.4 is 5.43 Å². The van der Waals surface area contributed by atoms with Gasteiger partial charge in [-0.1, -0.05) is 37.5 Å². The summed E-state index contributed by atoms with van der Waals surface area (Å²) in [7, 11) is 0. The number of aryl methyl sites for hydroxylation is 1. The van der Waals surface area contributed by atoms with Gasteiger partial charge in [-0.05, 0) is 37.3 Å². The predicted octanol–water partition coefficient (Wildman–Crippen LogP) is 3.29. The molecule has 1 aliphatic rings. The third-order valence-electron chi connectivity index (χ3n) is 3.49. The molecular weight excluding hydrogens is 224 g/mol. The minimum Gasteiger partial charge on any atom is -0.267 e. The maximum absolute atomic E-state index is 11.9. The Morgan fingerprint density at radius 3 is 2.72 bits per heavy atom. The van der Waals surface area contributed by atoms with Gasteiger partial charge in [-0.2, -0.15) is 5.10 Å². The molecule has 0 atom stereocenters. The van der Waals surface area contributed by atoms with Gasteiger partial charge in [0.15, 0.2) is 0 Å². The van der Waals surface area contributed by atoms with Crippen LogP contribution in [0.25, 0.3) is 0 Å². The zero-order chi connectivity index (χ0) is 12.8. The zero-order valence-electron chi connectivity index (χ0n) is 10.9. The summed E-state index contributed by atoms with van der Waals surface area (Å²) in [5.74, 6) is 0.413. The molecule has 18 heavy (non-hydrogen) atoms. The van der Waals surface area contributed by atoms with Crippen LogP contribution >= 0.6 is 0 Å². The molecule has 0 aliphatic heterocycles. The van der Waals surface area contributed by atoms with Crippen molar-refractivity contribution < 1.29 is 4.79 Å². The Hall–Kier alpha value is -1.64. The Labute approximate surface area is 108 Å². The van der Waals surface area contributed by atoms with E-state index in [9.17, 15) is 4.79 Å². The number of benzene rings is 1. The number of nitrogens with one attached hydrogen (secondary N) is 1. The Morgan fingerprint density at radius 2 is 2.00 bits per heavy atom. The highest BCUT2D eigenvalue weighted by molar-refractivity contribution is 5.95. The van der Waals surface area contributed by atoms with Gasteiger partial charge in [-0.15, -0.1) is 0 Å². The van der Waals surface area contributed by atoms with E-state index < -0.39 is 0 Å². The van der Waals surface area contributed by atoms with Crippen molar-refractivity contribution in [1.29, 1.82) is 0 Å². The molecule has 3 heteroatoms. The van der Waals surface area contributed by atoms with Gasteiger partial charge in [0.2, 0.25) is 0 Å². The molecule has 1 aliphatic carbocycles. The molecule has 0 unspecified atom stereocenters. The lowest BCUT2D eigenvalue weighted by Gasteiger charge is -2.16. The van der Waals surface area contributed by atoms with E-state index in [1.165, 1.54) is 32.1 Å². The van der Waals surface area contributed by atoms with Crippen molar-refractivity contribution in [3.63, 3.8) is 0 Å². The average Bonchev–Trinajstić information content (AvgIpc) is 2.40. The first-order valence-corrected chi connectivity index (χ1v) is 6.66. The molecule has 1 aromatic carbocycles. The molecule has 1 N–H and O–H groups in total. The number of hydrazone groups is 1. The molecule has 1 amide bonds. The van der Waals surface area contributed by atoms with Gasteiger partial charge in [0, 0.05) is 11.8 Å². The Kier molecular flexibility index (Phi) is 4.51. The smallest absolute Gasteiger partial charge is 0.267 e. The SMILES string of the molecule is Cc1ccccc1C(=O)NN=CC1CCCCC1. The van der Waals surface area contributed by atoms with Crippen LogP contribution in [0.2, 0.25) is 0 Å². The topological polar surface area (TPSA) is 41.5 Å².